The van der Waals surface area contributed by atoms with Crippen molar-refractivity contribution in [3.8, 4) is 0 Å². The molecule has 0 aliphatic heterocycles. The molecule has 1 rings (SSSR count). The van der Waals surface area contributed by atoms with E-state index in [0.29, 0.717) is 17.5 Å². The summed E-state index contributed by atoms with van der Waals surface area (Å²) in [6, 6.07) is 9.65. The lowest BCUT2D eigenvalue weighted by Gasteiger charge is -2.22. The lowest BCUT2D eigenvalue weighted by atomic mass is 9.98. The maximum absolute atomic E-state index is 12.0. The van der Waals surface area contributed by atoms with Crippen molar-refractivity contribution >= 4 is 5.91 Å². The molecule has 118 valence electrons. The lowest BCUT2D eigenvalue weighted by molar-refractivity contribution is 0.0917. The second-order valence-electron chi connectivity index (χ2n) is 6.02. The third-order valence-electron chi connectivity index (χ3n) is 3.83. The van der Waals surface area contributed by atoms with Gasteiger partial charge in [0.05, 0.1) is 0 Å². The minimum Gasteiger partial charge on any atom is -0.287 e. The molecule has 1 amide bonds. The number of hydrogen-bond donors (Lipinski definition) is 2. The normalized spacial score (nSPS) is 12.4. The van der Waals surface area contributed by atoms with E-state index in [4.69, 9.17) is 0 Å². The average molecular weight is 290 g/mol. The number of hydrogen-bond acceptors (Lipinski definition) is 2. The number of nitrogens with one attached hydrogen (secondary N) is 2. The number of rotatable bonds is 10. The molecular weight excluding hydrogens is 260 g/mol. The molecule has 0 aliphatic rings. The first-order valence-electron chi connectivity index (χ1n) is 8.26. The van der Waals surface area contributed by atoms with E-state index in [0.717, 1.165) is 6.42 Å². The van der Waals surface area contributed by atoms with E-state index in [9.17, 15) is 4.79 Å². The van der Waals surface area contributed by atoms with Gasteiger partial charge in [0.2, 0.25) is 0 Å². The molecule has 0 aromatic heterocycles. The van der Waals surface area contributed by atoms with Crippen LogP contribution in [0.3, 0.4) is 0 Å². The van der Waals surface area contributed by atoms with Crippen LogP contribution in [0.5, 0.6) is 0 Å². The molecule has 0 saturated heterocycles. The summed E-state index contributed by atoms with van der Waals surface area (Å²) in [6.07, 6.45) is 7.53. The molecular formula is C18H30N2O. The number of unbranched alkanes of at least 4 members (excludes halogenated alkanes) is 4. The van der Waals surface area contributed by atoms with Crippen molar-refractivity contribution < 1.29 is 4.79 Å². The molecule has 1 atom stereocenters. The first-order valence-corrected chi connectivity index (χ1v) is 8.26. The second-order valence-corrected chi connectivity index (χ2v) is 6.02. The van der Waals surface area contributed by atoms with Crippen LogP contribution in [-0.2, 0) is 0 Å². The summed E-state index contributed by atoms with van der Waals surface area (Å²) >= 11 is 0. The summed E-state index contributed by atoms with van der Waals surface area (Å²) in [6.45, 7) is 6.62. The predicted molar refractivity (Wildman–Crippen MR) is 89.0 cm³/mol. The van der Waals surface area contributed by atoms with Crippen molar-refractivity contribution in [2.75, 3.05) is 0 Å². The molecule has 0 bridgehead atoms. The highest BCUT2D eigenvalue weighted by atomic mass is 16.2. The average Bonchev–Trinajstić information content (AvgIpc) is 2.50. The van der Waals surface area contributed by atoms with Crippen LogP contribution in [0, 0.1) is 5.92 Å². The van der Waals surface area contributed by atoms with E-state index in [-0.39, 0.29) is 5.91 Å². The second kappa shape index (κ2) is 10.4. The summed E-state index contributed by atoms with van der Waals surface area (Å²) in [4.78, 5) is 12.0. The Hall–Kier alpha value is -1.35. The first kappa shape index (κ1) is 17.7. The van der Waals surface area contributed by atoms with E-state index >= 15 is 0 Å². The highest BCUT2D eigenvalue weighted by Gasteiger charge is 2.14. The Morgan fingerprint density at radius 2 is 1.71 bits per heavy atom. The zero-order chi connectivity index (χ0) is 15.5. The molecule has 2 N–H and O–H groups in total. The van der Waals surface area contributed by atoms with Gasteiger partial charge in [-0.05, 0) is 24.5 Å². The monoisotopic (exact) mass is 290 g/mol. The summed E-state index contributed by atoms with van der Waals surface area (Å²) in [5.41, 5.74) is 6.74. The van der Waals surface area contributed by atoms with Gasteiger partial charge in [-0.15, -0.1) is 0 Å². The van der Waals surface area contributed by atoms with Crippen LogP contribution in [-0.4, -0.2) is 11.9 Å². The lowest BCUT2D eigenvalue weighted by Crippen LogP contribution is -2.46. The molecule has 1 unspecified atom stereocenters. The van der Waals surface area contributed by atoms with Gasteiger partial charge in [-0.3, -0.25) is 10.2 Å². The molecule has 21 heavy (non-hydrogen) atoms. The molecule has 1 aromatic rings. The van der Waals surface area contributed by atoms with E-state index in [1.54, 1.807) is 0 Å². The van der Waals surface area contributed by atoms with Crippen LogP contribution in [0.1, 0.15) is 69.7 Å². The van der Waals surface area contributed by atoms with Gasteiger partial charge in [-0.1, -0.05) is 71.1 Å². The molecule has 0 heterocycles. The third kappa shape index (κ3) is 7.28. The van der Waals surface area contributed by atoms with Crippen molar-refractivity contribution in [2.24, 2.45) is 5.92 Å². The topological polar surface area (TPSA) is 41.1 Å². The number of benzene rings is 1. The molecule has 1 aromatic carbocycles. The van der Waals surface area contributed by atoms with Crippen molar-refractivity contribution in [1.29, 1.82) is 0 Å². The van der Waals surface area contributed by atoms with Gasteiger partial charge >= 0.3 is 0 Å². The number of carbonyl (C=O) groups is 1. The maximum Gasteiger partial charge on any atom is 0.265 e. The molecule has 0 saturated carbocycles. The fourth-order valence-electron chi connectivity index (χ4n) is 2.36. The Balaban J connectivity index is 2.32. The largest absolute Gasteiger partial charge is 0.287 e. The minimum absolute atomic E-state index is 0.0627. The van der Waals surface area contributed by atoms with Crippen LogP contribution in [0.25, 0.3) is 0 Å². The third-order valence-corrected chi connectivity index (χ3v) is 3.83. The van der Waals surface area contributed by atoms with Crippen molar-refractivity contribution in [1.82, 2.24) is 10.9 Å². The van der Waals surface area contributed by atoms with Crippen LogP contribution in [0.4, 0.5) is 0 Å². The predicted octanol–water partition coefficient (Wildman–Crippen LogP) is 4.31. The standard InChI is InChI=1S/C18H30N2O/c1-4-5-6-7-11-14-17(15(2)3)19-20-18(21)16-12-9-8-10-13-16/h8-10,12-13,15,17,19H,4-7,11,14H2,1-3H3,(H,20,21). The van der Waals surface area contributed by atoms with Crippen LogP contribution < -0.4 is 10.9 Å². The van der Waals surface area contributed by atoms with Crippen LogP contribution in [0.15, 0.2) is 30.3 Å². The van der Waals surface area contributed by atoms with Gasteiger partial charge in [-0.2, -0.15) is 0 Å². The Morgan fingerprint density at radius 3 is 2.33 bits per heavy atom. The fourth-order valence-corrected chi connectivity index (χ4v) is 2.36. The van der Waals surface area contributed by atoms with E-state index in [1.165, 1.54) is 32.1 Å². The van der Waals surface area contributed by atoms with Gasteiger partial charge in [0, 0.05) is 11.6 Å². The van der Waals surface area contributed by atoms with Crippen molar-refractivity contribution in [3.63, 3.8) is 0 Å². The smallest absolute Gasteiger partial charge is 0.265 e. The molecule has 0 aliphatic carbocycles. The first-order chi connectivity index (χ1) is 10.1. The summed E-state index contributed by atoms with van der Waals surface area (Å²) in [5, 5.41) is 0. The SMILES string of the molecule is CCCCCCCC(NNC(=O)c1ccccc1)C(C)C. The zero-order valence-electron chi connectivity index (χ0n) is 13.7. The van der Waals surface area contributed by atoms with Crippen molar-refractivity contribution in [3.05, 3.63) is 35.9 Å². The summed E-state index contributed by atoms with van der Waals surface area (Å²) < 4.78 is 0. The van der Waals surface area contributed by atoms with Gasteiger partial charge in [0.1, 0.15) is 0 Å². The zero-order valence-corrected chi connectivity index (χ0v) is 13.7. The molecule has 0 radical (unpaired) electrons. The fraction of sp³-hybridized carbons (Fsp3) is 0.611. The number of amides is 1. The summed E-state index contributed by atoms with van der Waals surface area (Å²) in [7, 11) is 0. The maximum atomic E-state index is 12.0. The quantitative estimate of drug-likeness (QED) is 0.498. The van der Waals surface area contributed by atoms with Crippen molar-refractivity contribution in [2.45, 2.75) is 65.3 Å². The molecule has 0 spiro atoms. The molecule has 3 nitrogen and oxygen atoms in total. The highest BCUT2D eigenvalue weighted by molar-refractivity contribution is 5.93. The Bertz CT molecular complexity index is 389. The Kier molecular flexibility index (Phi) is 8.76. The van der Waals surface area contributed by atoms with E-state index in [1.807, 2.05) is 30.3 Å². The number of hydrazine groups is 1. The Labute approximate surface area is 129 Å². The molecule has 3 heteroatoms. The van der Waals surface area contributed by atoms with Gasteiger partial charge < -0.3 is 0 Å². The number of carbonyl (C=O) groups excluding carboxylic acids is 1. The van der Waals surface area contributed by atoms with Gasteiger partial charge in [0.25, 0.3) is 5.91 Å². The van der Waals surface area contributed by atoms with Gasteiger partial charge in [-0.25, -0.2) is 5.43 Å². The van der Waals surface area contributed by atoms with E-state index in [2.05, 4.69) is 31.6 Å². The van der Waals surface area contributed by atoms with E-state index < -0.39 is 0 Å². The van der Waals surface area contributed by atoms with Gasteiger partial charge in [0.15, 0.2) is 0 Å². The highest BCUT2D eigenvalue weighted by Crippen LogP contribution is 2.12. The minimum atomic E-state index is -0.0627. The molecule has 0 fully saturated rings. The Morgan fingerprint density at radius 1 is 1.05 bits per heavy atom. The van der Waals surface area contributed by atoms with Crippen LogP contribution >= 0.6 is 0 Å². The summed E-state index contributed by atoms with van der Waals surface area (Å²) in [5.74, 6) is 0.444. The van der Waals surface area contributed by atoms with Crippen LogP contribution in [0.2, 0.25) is 0 Å².